The molecule has 0 bridgehead atoms. The van der Waals surface area contributed by atoms with Gasteiger partial charge in [0.1, 0.15) is 0 Å². The molecule has 0 fully saturated rings. The van der Waals surface area contributed by atoms with Crippen molar-refractivity contribution in [1.29, 1.82) is 0 Å². The van der Waals surface area contributed by atoms with E-state index in [0.717, 1.165) is 5.57 Å². The first-order chi connectivity index (χ1) is 7.93. The van der Waals surface area contributed by atoms with Gasteiger partial charge in [0.05, 0.1) is 14.2 Å². The van der Waals surface area contributed by atoms with E-state index in [2.05, 4.69) is 0 Å². The van der Waals surface area contributed by atoms with Gasteiger partial charge in [-0.1, -0.05) is 26.5 Å². The van der Waals surface area contributed by atoms with Gasteiger partial charge in [0, 0.05) is 11.1 Å². The Morgan fingerprint density at radius 2 is 1.37 bits per heavy atom. The highest BCUT2D eigenvalue weighted by Gasteiger charge is 2.33. The van der Waals surface area contributed by atoms with Crippen molar-refractivity contribution in [2.75, 3.05) is 14.2 Å². The maximum atomic E-state index is 12.1. The molecule has 0 heterocycles. The number of allylic oxidation sites excluding steroid dienone is 4. The molecule has 1 aliphatic rings. The number of carbonyl (C=O) groups excluding carboxylic acids is 2. The molecule has 19 heavy (non-hydrogen) atoms. The van der Waals surface area contributed by atoms with Crippen LogP contribution in [0.3, 0.4) is 0 Å². The maximum absolute atomic E-state index is 12.1. The number of carbonyl (C=O) groups is 2. The molecule has 0 aromatic rings. The molecule has 4 nitrogen and oxygen atoms in total. The van der Waals surface area contributed by atoms with Gasteiger partial charge in [-0.2, -0.15) is 0 Å². The van der Waals surface area contributed by atoms with E-state index in [1.54, 1.807) is 13.0 Å². The smallest absolute Gasteiger partial charge is 0.232 e. The average Bonchev–Trinajstić information content (AvgIpc) is 2.28. The number of hydrogen-bond acceptors (Lipinski definition) is 4. The largest absolute Gasteiger partial charge is 0.489 e. The summed E-state index contributed by atoms with van der Waals surface area (Å²) in [6, 6.07) is 0. The van der Waals surface area contributed by atoms with Crippen molar-refractivity contribution >= 4 is 11.6 Å². The lowest BCUT2D eigenvalue weighted by Gasteiger charge is -2.18. The minimum atomic E-state index is -0.317. The molecular formula is C15H24O4. The fourth-order valence-electron chi connectivity index (χ4n) is 1.62. The van der Waals surface area contributed by atoms with E-state index in [0.29, 0.717) is 11.1 Å². The Morgan fingerprint density at radius 1 is 0.947 bits per heavy atom. The topological polar surface area (TPSA) is 52.6 Å². The summed E-state index contributed by atoms with van der Waals surface area (Å²) in [6.07, 6.45) is 1.68. The number of Topliss-reactive ketones (excluding diaryl/α,β-unsaturated/α-hetero) is 2. The van der Waals surface area contributed by atoms with Crippen LogP contribution < -0.4 is 0 Å². The zero-order valence-corrected chi connectivity index (χ0v) is 10.7. The van der Waals surface area contributed by atoms with Crippen LogP contribution in [0.15, 0.2) is 34.3 Å². The summed E-state index contributed by atoms with van der Waals surface area (Å²) in [5.41, 5.74) is 1.69. The van der Waals surface area contributed by atoms with Crippen molar-refractivity contribution in [1.82, 2.24) is 0 Å². The number of hydrogen-bond donors (Lipinski definition) is 0. The number of ether oxygens (including phenoxy) is 2. The molecule has 0 saturated carbocycles. The number of rotatable bonds is 3. The lowest BCUT2D eigenvalue weighted by atomic mass is 9.92. The van der Waals surface area contributed by atoms with Crippen molar-refractivity contribution in [3.05, 3.63) is 34.3 Å². The van der Waals surface area contributed by atoms with Gasteiger partial charge in [0.25, 0.3) is 0 Å². The van der Waals surface area contributed by atoms with E-state index < -0.39 is 0 Å². The van der Waals surface area contributed by atoms with Crippen molar-refractivity contribution in [2.45, 2.75) is 35.6 Å². The Labute approximate surface area is 115 Å². The van der Waals surface area contributed by atoms with E-state index in [1.807, 2.05) is 13.8 Å². The van der Waals surface area contributed by atoms with Crippen molar-refractivity contribution in [2.24, 2.45) is 0 Å². The van der Waals surface area contributed by atoms with Crippen LogP contribution in [-0.2, 0) is 19.1 Å². The quantitative estimate of drug-likeness (QED) is 0.738. The lowest BCUT2D eigenvalue weighted by Crippen LogP contribution is -2.24. The molecule has 4 heteroatoms. The summed E-state index contributed by atoms with van der Waals surface area (Å²) in [5, 5.41) is 0. The van der Waals surface area contributed by atoms with Crippen LogP contribution in [0.1, 0.15) is 35.6 Å². The maximum Gasteiger partial charge on any atom is 0.232 e. The summed E-state index contributed by atoms with van der Waals surface area (Å²) < 4.78 is 9.89. The normalized spacial score (nSPS) is 14.6. The molecular weight excluding hydrogens is 244 g/mol. The molecule has 1 rings (SSSR count). The predicted molar refractivity (Wildman–Crippen MR) is 76.7 cm³/mol. The van der Waals surface area contributed by atoms with E-state index in [1.165, 1.54) is 14.2 Å². The lowest BCUT2D eigenvalue weighted by molar-refractivity contribution is -0.120. The molecule has 0 N–H and O–H groups in total. The molecule has 0 radical (unpaired) electrons. The molecule has 0 aromatic carbocycles. The Balaban J connectivity index is 0. The zero-order valence-electron chi connectivity index (χ0n) is 10.7. The molecule has 1 aliphatic carbocycles. The molecule has 0 atom stereocenters. The third-order valence-electron chi connectivity index (χ3n) is 2.45. The van der Waals surface area contributed by atoms with Crippen LogP contribution in [0.2, 0.25) is 0 Å². The monoisotopic (exact) mass is 268 g/mol. The first-order valence-corrected chi connectivity index (χ1v) is 5.21. The molecule has 0 aliphatic heterocycles. The van der Waals surface area contributed by atoms with E-state index >= 15 is 0 Å². The highest BCUT2D eigenvalue weighted by Crippen LogP contribution is 2.26. The van der Waals surface area contributed by atoms with Gasteiger partial charge in [-0.05, 0) is 20.8 Å². The molecule has 0 spiro atoms. The predicted octanol–water partition coefficient (Wildman–Crippen LogP) is 3.20. The highest BCUT2D eigenvalue weighted by atomic mass is 16.5. The van der Waals surface area contributed by atoms with Crippen LogP contribution in [-0.4, -0.2) is 25.8 Å². The first kappa shape index (κ1) is 19.5. The molecule has 0 aromatic heterocycles. The summed E-state index contributed by atoms with van der Waals surface area (Å²) >= 11 is 0. The van der Waals surface area contributed by atoms with Crippen molar-refractivity contribution in [3.63, 3.8) is 0 Å². The second kappa shape index (κ2) is 7.56. The van der Waals surface area contributed by atoms with E-state index in [-0.39, 0.29) is 37.9 Å². The third kappa shape index (κ3) is 3.56. The van der Waals surface area contributed by atoms with Gasteiger partial charge in [0.2, 0.25) is 23.1 Å². The van der Waals surface area contributed by atoms with Crippen LogP contribution in [0, 0.1) is 0 Å². The van der Waals surface area contributed by atoms with Crippen LogP contribution in [0.25, 0.3) is 0 Å². The van der Waals surface area contributed by atoms with Crippen LogP contribution in [0.5, 0.6) is 0 Å². The second-order valence-corrected chi connectivity index (χ2v) is 3.99. The fourth-order valence-corrected chi connectivity index (χ4v) is 1.62. The summed E-state index contributed by atoms with van der Waals surface area (Å²) in [5.74, 6) is -0.685. The molecule has 0 amide bonds. The Hall–Kier alpha value is -1.84. The third-order valence-corrected chi connectivity index (χ3v) is 2.45. The minimum absolute atomic E-state index is 0. The Kier molecular flexibility index (Phi) is 7.76. The number of methoxy groups -OCH3 is 2. The van der Waals surface area contributed by atoms with Crippen LogP contribution >= 0.6 is 0 Å². The summed E-state index contributed by atoms with van der Waals surface area (Å²) in [6.45, 7) is 5.33. The molecule has 108 valence electrons. The van der Waals surface area contributed by atoms with Gasteiger partial charge in [0.15, 0.2) is 0 Å². The van der Waals surface area contributed by atoms with Gasteiger partial charge in [-0.15, -0.1) is 0 Å². The van der Waals surface area contributed by atoms with E-state index in [9.17, 15) is 9.59 Å². The minimum Gasteiger partial charge on any atom is -0.489 e. The van der Waals surface area contributed by atoms with Gasteiger partial charge in [-0.25, -0.2) is 0 Å². The second-order valence-electron chi connectivity index (χ2n) is 3.99. The van der Waals surface area contributed by atoms with Crippen molar-refractivity contribution in [3.8, 4) is 0 Å². The van der Waals surface area contributed by atoms with Crippen molar-refractivity contribution < 1.29 is 19.1 Å². The fraction of sp³-hybridized carbons (Fsp3) is 0.467. The SMILES string of the molecule is C.C.COC1=C(OC)C(=O)C(C=C(C)C)=C(C)C1=O. The Bertz CT molecular complexity index is 461. The molecule has 0 saturated heterocycles. The van der Waals surface area contributed by atoms with Gasteiger partial charge < -0.3 is 9.47 Å². The van der Waals surface area contributed by atoms with Crippen LogP contribution in [0.4, 0.5) is 0 Å². The standard InChI is InChI=1S/C13H16O4.2CH4/c1-7(2)6-9-8(3)10(14)12(16-4)13(17-5)11(9)15;;/h6H,1-5H3;2*1H4. The molecule has 0 unspecified atom stereocenters. The average molecular weight is 268 g/mol. The van der Waals surface area contributed by atoms with Gasteiger partial charge >= 0.3 is 0 Å². The number of ketones is 2. The zero-order chi connectivity index (χ0) is 13.2. The highest BCUT2D eigenvalue weighted by molar-refractivity contribution is 6.24. The summed E-state index contributed by atoms with van der Waals surface area (Å²) in [7, 11) is 2.69. The first-order valence-electron chi connectivity index (χ1n) is 5.21. The Morgan fingerprint density at radius 3 is 1.74 bits per heavy atom. The van der Waals surface area contributed by atoms with E-state index in [4.69, 9.17) is 9.47 Å². The van der Waals surface area contributed by atoms with Gasteiger partial charge in [-0.3, -0.25) is 9.59 Å². The summed E-state index contributed by atoms with van der Waals surface area (Å²) in [4.78, 5) is 24.1.